The average Bonchev–Trinajstić information content (AvgIpc) is 3.12. The Morgan fingerprint density at radius 1 is 0.500 bits per heavy atom. The van der Waals surface area contributed by atoms with Crippen LogP contribution >= 0.6 is 0 Å². The van der Waals surface area contributed by atoms with Crippen LogP contribution in [-0.2, 0) is 14.3 Å². The Balaban J connectivity index is 3.52. The molecule has 0 aliphatic rings. The summed E-state index contributed by atoms with van der Waals surface area (Å²) in [5, 5.41) is 9.59. The van der Waals surface area contributed by atoms with Crippen molar-refractivity contribution in [3.63, 3.8) is 0 Å². The molecule has 0 heterocycles. The number of ether oxygens (including phenoxy) is 2. The Morgan fingerprint density at radius 2 is 0.900 bits per heavy atom. The van der Waals surface area contributed by atoms with Crippen LogP contribution < -0.4 is 0 Å². The van der Waals surface area contributed by atoms with E-state index in [4.69, 9.17) is 9.47 Å². The molecule has 0 aromatic carbocycles. The second-order valence-electron chi connectivity index (χ2n) is 13.7. The van der Waals surface area contributed by atoms with Crippen molar-refractivity contribution in [3.05, 3.63) is 72.9 Å². The minimum Gasteiger partial charge on any atom is -0.457 e. The highest BCUT2D eigenvalue weighted by molar-refractivity contribution is 5.69. The number of aliphatic hydroxyl groups is 1. The van der Waals surface area contributed by atoms with Crippen molar-refractivity contribution in [1.82, 2.24) is 0 Å². The van der Waals surface area contributed by atoms with E-state index in [0.717, 1.165) is 70.6 Å². The van der Waals surface area contributed by atoms with Gasteiger partial charge in [0.05, 0.1) is 13.2 Å². The molecular weight excluding hydrogens is 617 g/mol. The summed E-state index contributed by atoms with van der Waals surface area (Å²) in [4.78, 5) is 12.2. The van der Waals surface area contributed by atoms with Crippen LogP contribution in [0.25, 0.3) is 0 Å². The van der Waals surface area contributed by atoms with Crippen molar-refractivity contribution in [3.8, 4) is 0 Å². The predicted molar refractivity (Wildman–Crippen MR) is 219 cm³/mol. The Labute approximate surface area is 310 Å². The van der Waals surface area contributed by atoms with E-state index < -0.39 is 6.10 Å². The normalized spacial score (nSPS) is 13.1. The van der Waals surface area contributed by atoms with E-state index in [2.05, 4.69) is 86.8 Å². The standard InChI is InChI=1S/C46H80O4/c1-3-5-7-9-11-13-15-17-19-20-21-22-23-24-25-26-27-28-30-32-34-36-38-40-42-49-44-45(43-47)50-46(48)41-39-37-35-33-31-29-18-16-14-12-10-8-6-4-2/h5,7,11,13,17,19,21-22,24-25,27-28,45,47H,3-4,6,8-10,12,14-16,18,20,23,26,29-44H2,1-2H3/b7-5-,13-11-,19-17-,22-21-,25-24-,28-27-. The van der Waals surface area contributed by atoms with Gasteiger partial charge in [0.15, 0.2) is 0 Å². The molecule has 50 heavy (non-hydrogen) atoms. The van der Waals surface area contributed by atoms with Crippen molar-refractivity contribution in [2.75, 3.05) is 19.8 Å². The highest BCUT2D eigenvalue weighted by Gasteiger charge is 2.13. The minimum atomic E-state index is -0.546. The smallest absolute Gasteiger partial charge is 0.306 e. The van der Waals surface area contributed by atoms with Gasteiger partial charge in [0, 0.05) is 13.0 Å². The number of carbonyl (C=O) groups is 1. The van der Waals surface area contributed by atoms with Crippen LogP contribution in [0.15, 0.2) is 72.9 Å². The zero-order valence-electron chi connectivity index (χ0n) is 32.9. The fourth-order valence-electron chi connectivity index (χ4n) is 5.68. The van der Waals surface area contributed by atoms with E-state index in [1.807, 2.05) is 0 Å². The maximum Gasteiger partial charge on any atom is 0.306 e. The number of carbonyl (C=O) groups excluding carboxylic acids is 1. The molecule has 1 unspecified atom stereocenters. The molecule has 0 amide bonds. The van der Waals surface area contributed by atoms with E-state index in [9.17, 15) is 9.90 Å². The summed E-state index contributed by atoms with van der Waals surface area (Å²) in [5.41, 5.74) is 0. The SMILES string of the molecule is CC/C=C\C/C=C\C/C=C\C/C=C\C/C=C\C/C=C\CCCCCCCOCC(CO)OC(=O)CCCCCCCCCCCCCCCC. The van der Waals surface area contributed by atoms with E-state index in [0.29, 0.717) is 13.0 Å². The van der Waals surface area contributed by atoms with Crippen molar-refractivity contribution >= 4 is 5.97 Å². The number of rotatable bonds is 38. The second kappa shape index (κ2) is 43.0. The predicted octanol–water partition coefficient (Wildman–Crippen LogP) is 13.8. The van der Waals surface area contributed by atoms with Crippen LogP contribution in [0.5, 0.6) is 0 Å². The maximum absolute atomic E-state index is 12.2. The lowest BCUT2D eigenvalue weighted by Gasteiger charge is -2.15. The number of allylic oxidation sites excluding steroid dienone is 12. The van der Waals surface area contributed by atoms with Crippen LogP contribution in [0, 0.1) is 0 Å². The van der Waals surface area contributed by atoms with Gasteiger partial charge in [-0.05, 0) is 64.2 Å². The molecule has 0 aromatic heterocycles. The Hall–Kier alpha value is -2.17. The summed E-state index contributed by atoms with van der Waals surface area (Å²) >= 11 is 0. The molecular formula is C46H80O4. The van der Waals surface area contributed by atoms with Crippen molar-refractivity contribution in [2.45, 2.75) is 193 Å². The maximum atomic E-state index is 12.2. The number of hydrogen-bond acceptors (Lipinski definition) is 4. The average molecular weight is 697 g/mol. The first-order valence-electron chi connectivity index (χ1n) is 21.0. The summed E-state index contributed by atoms with van der Waals surface area (Å²) in [5.74, 6) is -0.210. The largest absolute Gasteiger partial charge is 0.457 e. The van der Waals surface area contributed by atoms with Gasteiger partial charge >= 0.3 is 5.97 Å². The minimum absolute atomic E-state index is 0.181. The molecule has 1 N–H and O–H groups in total. The van der Waals surface area contributed by atoms with Crippen LogP contribution in [0.1, 0.15) is 187 Å². The quantitative estimate of drug-likeness (QED) is 0.0397. The fraction of sp³-hybridized carbons (Fsp3) is 0.717. The van der Waals surface area contributed by atoms with Gasteiger partial charge in [0.2, 0.25) is 0 Å². The van der Waals surface area contributed by atoms with Gasteiger partial charge in [-0.2, -0.15) is 0 Å². The van der Waals surface area contributed by atoms with Crippen molar-refractivity contribution in [2.24, 2.45) is 0 Å². The zero-order chi connectivity index (χ0) is 36.3. The van der Waals surface area contributed by atoms with Gasteiger partial charge in [-0.1, -0.05) is 189 Å². The molecule has 0 radical (unpaired) electrons. The molecule has 1 atom stereocenters. The third-order valence-corrected chi connectivity index (χ3v) is 8.80. The number of unbranched alkanes of at least 4 members (excludes halogenated alkanes) is 18. The van der Waals surface area contributed by atoms with Gasteiger partial charge < -0.3 is 14.6 Å². The van der Waals surface area contributed by atoms with E-state index in [-0.39, 0.29) is 19.2 Å². The Bertz CT molecular complexity index is 865. The molecule has 0 spiro atoms. The molecule has 4 heteroatoms. The molecule has 0 aliphatic carbocycles. The third kappa shape index (κ3) is 40.3. The van der Waals surface area contributed by atoms with Crippen LogP contribution in [0.4, 0.5) is 0 Å². The Morgan fingerprint density at radius 3 is 1.36 bits per heavy atom. The first-order chi connectivity index (χ1) is 24.7. The molecule has 0 bridgehead atoms. The molecule has 4 nitrogen and oxygen atoms in total. The summed E-state index contributed by atoms with van der Waals surface area (Å²) in [7, 11) is 0. The van der Waals surface area contributed by atoms with E-state index in [1.165, 1.54) is 96.3 Å². The van der Waals surface area contributed by atoms with Gasteiger partial charge in [-0.3, -0.25) is 4.79 Å². The molecule has 288 valence electrons. The van der Waals surface area contributed by atoms with Gasteiger partial charge in [0.1, 0.15) is 6.10 Å². The molecule has 0 aliphatic heterocycles. The molecule has 0 saturated heterocycles. The molecule has 0 aromatic rings. The Kier molecular flexibility index (Phi) is 41.1. The first-order valence-corrected chi connectivity index (χ1v) is 21.0. The van der Waals surface area contributed by atoms with Crippen molar-refractivity contribution < 1.29 is 19.4 Å². The summed E-state index contributed by atoms with van der Waals surface area (Å²) in [6, 6.07) is 0. The molecule has 0 saturated carbocycles. The zero-order valence-corrected chi connectivity index (χ0v) is 32.9. The lowest BCUT2D eigenvalue weighted by Crippen LogP contribution is -2.27. The summed E-state index contributed by atoms with van der Waals surface area (Å²) in [6.45, 7) is 5.19. The van der Waals surface area contributed by atoms with E-state index in [1.54, 1.807) is 0 Å². The van der Waals surface area contributed by atoms with Crippen LogP contribution in [0.3, 0.4) is 0 Å². The number of aliphatic hydroxyl groups excluding tert-OH is 1. The van der Waals surface area contributed by atoms with E-state index >= 15 is 0 Å². The van der Waals surface area contributed by atoms with Gasteiger partial charge in [-0.25, -0.2) is 0 Å². The third-order valence-electron chi connectivity index (χ3n) is 8.80. The highest BCUT2D eigenvalue weighted by Crippen LogP contribution is 2.14. The first kappa shape index (κ1) is 47.8. The lowest BCUT2D eigenvalue weighted by molar-refractivity contribution is -0.154. The molecule has 0 rings (SSSR count). The topological polar surface area (TPSA) is 55.8 Å². The monoisotopic (exact) mass is 697 g/mol. The lowest BCUT2D eigenvalue weighted by atomic mass is 10.0. The second-order valence-corrected chi connectivity index (χ2v) is 13.7. The number of hydrogen-bond donors (Lipinski definition) is 1. The van der Waals surface area contributed by atoms with Gasteiger partial charge in [-0.15, -0.1) is 0 Å². The molecule has 0 fully saturated rings. The van der Waals surface area contributed by atoms with Crippen molar-refractivity contribution in [1.29, 1.82) is 0 Å². The van der Waals surface area contributed by atoms with Crippen LogP contribution in [0.2, 0.25) is 0 Å². The van der Waals surface area contributed by atoms with Crippen LogP contribution in [-0.4, -0.2) is 37.0 Å². The highest BCUT2D eigenvalue weighted by atomic mass is 16.6. The summed E-state index contributed by atoms with van der Waals surface area (Å²) in [6.07, 6.45) is 58.1. The fourth-order valence-corrected chi connectivity index (χ4v) is 5.68. The summed E-state index contributed by atoms with van der Waals surface area (Å²) < 4.78 is 11.1. The number of esters is 1. The van der Waals surface area contributed by atoms with Gasteiger partial charge in [0.25, 0.3) is 0 Å².